The number of ketones is 1. The van der Waals surface area contributed by atoms with E-state index in [0.29, 0.717) is 0 Å². The van der Waals surface area contributed by atoms with Crippen molar-refractivity contribution in [3.63, 3.8) is 0 Å². The minimum absolute atomic E-state index is 0.0126. The number of methoxy groups -OCH3 is 1. The molecule has 88 valence electrons. The molecule has 0 atom stereocenters. The van der Waals surface area contributed by atoms with E-state index in [-0.39, 0.29) is 17.1 Å². The van der Waals surface area contributed by atoms with Gasteiger partial charge >= 0.3 is 0 Å². The topological polar surface area (TPSA) is 58.6 Å². The van der Waals surface area contributed by atoms with Gasteiger partial charge in [-0.3, -0.25) is 4.79 Å². The van der Waals surface area contributed by atoms with Gasteiger partial charge in [0, 0.05) is 0 Å². The van der Waals surface area contributed by atoms with E-state index in [4.69, 9.17) is 11.6 Å². The molecule has 0 radical (unpaired) electrons. The van der Waals surface area contributed by atoms with Gasteiger partial charge in [0.15, 0.2) is 23.1 Å². The lowest BCUT2D eigenvalue weighted by molar-refractivity contribution is 0.0990. The summed E-state index contributed by atoms with van der Waals surface area (Å²) in [5, 5.41) is 12.0. The van der Waals surface area contributed by atoms with E-state index < -0.39 is 23.1 Å². The van der Waals surface area contributed by atoms with E-state index in [9.17, 15) is 14.3 Å². The van der Waals surface area contributed by atoms with Crippen molar-refractivity contribution in [3.8, 4) is 11.5 Å². The normalized spacial score (nSPS) is 10.2. The third-order valence-electron chi connectivity index (χ3n) is 1.99. The summed E-state index contributed by atoms with van der Waals surface area (Å²) in [7, 11) is 2.76. The van der Waals surface area contributed by atoms with Crippen LogP contribution in [0.1, 0.15) is 10.4 Å². The second kappa shape index (κ2) is 5.14. The second-order valence-corrected chi connectivity index (χ2v) is 3.46. The van der Waals surface area contributed by atoms with E-state index >= 15 is 0 Å². The number of hydrogen-bond acceptors (Lipinski definition) is 4. The van der Waals surface area contributed by atoms with E-state index in [1.807, 2.05) is 0 Å². The number of carbonyl (C=O) groups excluding carboxylic acids is 1. The van der Waals surface area contributed by atoms with Crippen LogP contribution in [0.3, 0.4) is 0 Å². The van der Waals surface area contributed by atoms with Crippen LogP contribution < -0.4 is 10.1 Å². The van der Waals surface area contributed by atoms with Crippen LogP contribution in [0.5, 0.6) is 11.5 Å². The first kappa shape index (κ1) is 12.7. The lowest BCUT2D eigenvalue weighted by Crippen LogP contribution is -2.19. The Hall–Kier alpha value is -1.33. The monoisotopic (exact) mass is 247 g/mol. The number of phenolic OH excluding ortho intramolecular Hbond substituents is 1. The van der Waals surface area contributed by atoms with E-state index in [2.05, 4.69) is 10.1 Å². The van der Waals surface area contributed by atoms with E-state index in [0.717, 1.165) is 6.07 Å². The maximum atomic E-state index is 13.3. The second-order valence-electron chi connectivity index (χ2n) is 3.06. The first-order chi connectivity index (χ1) is 7.52. The predicted molar refractivity (Wildman–Crippen MR) is 57.9 cm³/mol. The van der Waals surface area contributed by atoms with Crippen molar-refractivity contribution in [2.24, 2.45) is 0 Å². The average molecular weight is 248 g/mol. The summed E-state index contributed by atoms with van der Waals surface area (Å²) in [6.45, 7) is 0.0126. The number of phenols is 1. The molecule has 0 saturated carbocycles. The van der Waals surface area contributed by atoms with Crippen LogP contribution in [-0.4, -0.2) is 31.6 Å². The van der Waals surface area contributed by atoms with E-state index in [1.165, 1.54) is 7.11 Å². The van der Waals surface area contributed by atoms with Crippen LogP contribution in [-0.2, 0) is 0 Å². The van der Waals surface area contributed by atoms with Gasteiger partial charge in [-0.1, -0.05) is 11.6 Å². The summed E-state index contributed by atoms with van der Waals surface area (Å²) >= 11 is 5.58. The van der Waals surface area contributed by atoms with Gasteiger partial charge < -0.3 is 15.2 Å². The Labute approximate surface area is 97.0 Å². The molecule has 16 heavy (non-hydrogen) atoms. The maximum Gasteiger partial charge on any atom is 0.198 e. The Bertz CT molecular complexity index is 423. The van der Waals surface area contributed by atoms with Crippen molar-refractivity contribution in [2.75, 3.05) is 20.7 Å². The molecular weight excluding hydrogens is 237 g/mol. The molecule has 0 aliphatic rings. The lowest BCUT2D eigenvalue weighted by atomic mass is 10.1. The van der Waals surface area contributed by atoms with Crippen molar-refractivity contribution >= 4 is 17.4 Å². The molecular formula is C10H11ClFNO3. The Morgan fingerprint density at radius 1 is 1.69 bits per heavy atom. The molecule has 1 aromatic rings. The van der Waals surface area contributed by atoms with Gasteiger partial charge in [0.25, 0.3) is 0 Å². The molecule has 0 fully saturated rings. The zero-order valence-electron chi connectivity index (χ0n) is 8.80. The summed E-state index contributed by atoms with van der Waals surface area (Å²) in [5.41, 5.74) is -0.0717. The summed E-state index contributed by atoms with van der Waals surface area (Å²) in [4.78, 5) is 11.5. The standard InChI is InChI=1S/C10H11ClFNO3/c1-13-4-7(14)5-3-6(11)8(12)10(16-2)9(5)15/h3,13,15H,4H2,1-2H3. The highest BCUT2D eigenvalue weighted by Gasteiger charge is 2.21. The number of Topliss-reactive ketones (excluding diaryl/α,β-unsaturated/α-hetero) is 1. The van der Waals surface area contributed by atoms with Crippen LogP contribution in [0.2, 0.25) is 5.02 Å². The lowest BCUT2D eigenvalue weighted by Gasteiger charge is -2.10. The molecule has 0 aliphatic carbocycles. The Morgan fingerprint density at radius 2 is 2.31 bits per heavy atom. The van der Waals surface area contributed by atoms with Crippen molar-refractivity contribution < 1.29 is 19.0 Å². The minimum atomic E-state index is -0.886. The summed E-state index contributed by atoms with van der Waals surface area (Å²) in [6, 6.07) is 1.08. The van der Waals surface area contributed by atoms with E-state index in [1.54, 1.807) is 7.05 Å². The molecule has 0 bridgehead atoms. The van der Waals surface area contributed by atoms with Crippen molar-refractivity contribution in [1.82, 2.24) is 5.32 Å². The summed E-state index contributed by atoms with van der Waals surface area (Å²) in [6.07, 6.45) is 0. The van der Waals surface area contributed by atoms with Crippen LogP contribution in [0, 0.1) is 5.82 Å². The van der Waals surface area contributed by atoms with Gasteiger partial charge in [0.05, 0.1) is 24.2 Å². The maximum absolute atomic E-state index is 13.3. The number of likely N-dealkylation sites (N-methyl/N-ethyl adjacent to an activating group) is 1. The van der Waals surface area contributed by atoms with Gasteiger partial charge in [-0.15, -0.1) is 0 Å². The zero-order chi connectivity index (χ0) is 12.3. The Kier molecular flexibility index (Phi) is 4.09. The number of ether oxygens (including phenoxy) is 1. The number of carbonyl (C=O) groups is 1. The van der Waals surface area contributed by atoms with Crippen LogP contribution in [0.25, 0.3) is 0 Å². The van der Waals surface area contributed by atoms with Gasteiger partial charge in [-0.2, -0.15) is 0 Å². The third-order valence-corrected chi connectivity index (χ3v) is 2.27. The number of rotatable bonds is 4. The predicted octanol–water partition coefficient (Wildman–Crippen LogP) is 1.60. The van der Waals surface area contributed by atoms with Crippen molar-refractivity contribution in [1.29, 1.82) is 0 Å². The molecule has 1 aromatic carbocycles. The summed E-state index contributed by atoms with van der Waals surface area (Å²) in [5.74, 6) is -2.25. The molecule has 0 aromatic heterocycles. The molecule has 0 spiro atoms. The molecule has 0 amide bonds. The first-order valence-corrected chi connectivity index (χ1v) is 4.83. The highest BCUT2D eigenvalue weighted by molar-refractivity contribution is 6.31. The zero-order valence-corrected chi connectivity index (χ0v) is 9.56. The minimum Gasteiger partial charge on any atom is -0.504 e. The molecule has 4 nitrogen and oxygen atoms in total. The molecule has 0 unspecified atom stereocenters. The number of hydrogen-bond donors (Lipinski definition) is 2. The molecule has 1 rings (SSSR count). The fourth-order valence-electron chi connectivity index (χ4n) is 1.25. The molecule has 0 saturated heterocycles. The fourth-order valence-corrected chi connectivity index (χ4v) is 1.44. The highest BCUT2D eigenvalue weighted by Crippen LogP contribution is 2.37. The van der Waals surface area contributed by atoms with Crippen LogP contribution >= 0.6 is 11.6 Å². The van der Waals surface area contributed by atoms with Crippen molar-refractivity contribution in [3.05, 3.63) is 22.5 Å². The largest absolute Gasteiger partial charge is 0.504 e. The van der Waals surface area contributed by atoms with Crippen LogP contribution in [0.15, 0.2) is 6.07 Å². The van der Waals surface area contributed by atoms with Gasteiger partial charge in [0.2, 0.25) is 0 Å². The SMILES string of the molecule is CNCC(=O)c1cc(Cl)c(F)c(OC)c1O. The number of aromatic hydroxyl groups is 1. The Balaban J connectivity index is 3.31. The Morgan fingerprint density at radius 3 is 2.81 bits per heavy atom. The highest BCUT2D eigenvalue weighted by atomic mass is 35.5. The first-order valence-electron chi connectivity index (χ1n) is 4.45. The molecule has 2 N–H and O–H groups in total. The third kappa shape index (κ3) is 2.25. The van der Waals surface area contributed by atoms with Gasteiger partial charge in [0.1, 0.15) is 0 Å². The fraction of sp³-hybridized carbons (Fsp3) is 0.300. The van der Waals surface area contributed by atoms with Crippen LogP contribution in [0.4, 0.5) is 4.39 Å². The number of halogens is 2. The summed E-state index contributed by atoms with van der Waals surface area (Å²) < 4.78 is 18.0. The molecule has 0 heterocycles. The molecule has 6 heteroatoms. The van der Waals surface area contributed by atoms with Gasteiger partial charge in [-0.25, -0.2) is 4.39 Å². The smallest absolute Gasteiger partial charge is 0.198 e. The van der Waals surface area contributed by atoms with Crippen molar-refractivity contribution in [2.45, 2.75) is 0 Å². The average Bonchev–Trinajstić information content (AvgIpc) is 2.24. The number of nitrogens with one attached hydrogen (secondary N) is 1. The number of benzene rings is 1. The molecule has 0 aliphatic heterocycles. The quantitative estimate of drug-likeness (QED) is 0.794. The van der Waals surface area contributed by atoms with Gasteiger partial charge in [-0.05, 0) is 13.1 Å².